The molecule has 6 heteroatoms. The van der Waals surface area contributed by atoms with Gasteiger partial charge in [0.15, 0.2) is 0 Å². The molecule has 0 saturated heterocycles. The number of halogens is 1. The Morgan fingerprint density at radius 1 is 1.04 bits per heavy atom. The Labute approximate surface area is 160 Å². The molecule has 0 fully saturated rings. The topological polar surface area (TPSA) is 70.2 Å². The van der Waals surface area contributed by atoms with Crippen LogP contribution >= 0.6 is 12.4 Å². The number of carbonyl (C=O) groups is 2. The zero-order chi connectivity index (χ0) is 17.8. The first-order chi connectivity index (χ1) is 12.0. The van der Waals surface area contributed by atoms with E-state index in [9.17, 15) is 9.59 Å². The summed E-state index contributed by atoms with van der Waals surface area (Å²) >= 11 is 0. The van der Waals surface area contributed by atoms with Crippen molar-refractivity contribution in [3.8, 4) is 0 Å². The molecule has 3 N–H and O–H groups in total. The number of amides is 2. The van der Waals surface area contributed by atoms with Gasteiger partial charge in [0.1, 0.15) is 0 Å². The van der Waals surface area contributed by atoms with Crippen molar-refractivity contribution in [1.29, 1.82) is 0 Å². The van der Waals surface area contributed by atoms with Crippen LogP contribution in [0.4, 0.5) is 5.69 Å². The number of carbonyl (C=O) groups excluding carboxylic acids is 2. The molecule has 2 aromatic carbocycles. The average molecular weight is 374 g/mol. The fourth-order valence-electron chi connectivity index (χ4n) is 2.71. The molecule has 0 aliphatic carbocycles. The molecule has 2 amide bonds. The Kier molecular flexibility index (Phi) is 6.77. The second-order valence-corrected chi connectivity index (χ2v) is 6.61. The van der Waals surface area contributed by atoms with E-state index in [-0.39, 0.29) is 30.1 Å². The third-order valence-corrected chi connectivity index (χ3v) is 4.30. The van der Waals surface area contributed by atoms with E-state index in [0.717, 1.165) is 24.3 Å². The highest BCUT2D eigenvalue weighted by Crippen LogP contribution is 2.17. The van der Waals surface area contributed by atoms with Gasteiger partial charge >= 0.3 is 0 Å². The lowest BCUT2D eigenvalue weighted by molar-refractivity contribution is -0.118. The largest absolute Gasteiger partial charge is 0.348 e. The minimum Gasteiger partial charge on any atom is -0.348 e. The molecule has 1 aliphatic rings. The summed E-state index contributed by atoms with van der Waals surface area (Å²) in [6.07, 6.45) is 0. The highest BCUT2D eigenvalue weighted by molar-refractivity contribution is 5.94. The molecule has 1 heterocycles. The quantitative estimate of drug-likeness (QED) is 0.753. The molecule has 138 valence electrons. The molecular formula is C20H24ClN3O2. The minimum atomic E-state index is -0.0770. The summed E-state index contributed by atoms with van der Waals surface area (Å²) in [6, 6.07) is 13.3. The Balaban J connectivity index is 0.00000243. The van der Waals surface area contributed by atoms with Crippen molar-refractivity contribution in [3.63, 3.8) is 0 Å². The molecule has 0 atom stereocenters. The summed E-state index contributed by atoms with van der Waals surface area (Å²) in [4.78, 5) is 24.0. The van der Waals surface area contributed by atoms with Crippen molar-refractivity contribution in [2.24, 2.45) is 5.92 Å². The van der Waals surface area contributed by atoms with E-state index in [1.165, 1.54) is 11.1 Å². The van der Waals surface area contributed by atoms with Crippen LogP contribution in [0.25, 0.3) is 0 Å². The SMILES string of the molecule is CC(C)C(=O)Nc1ccc(CNC(=O)c2ccc3c(c2)CNC3)cc1.Cl. The van der Waals surface area contributed by atoms with Crippen molar-refractivity contribution in [2.45, 2.75) is 33.5 Å². The number of rotatable bonds is 5. The number of benzene rings is 2. The van der Waals surface area contributed by atoms with Crippen LogP contribution in [-0.2, 0) is 24.4 Å². The van der Waals surface area contributed by atoms with Crippen LogP contribution in [0.3, 0.4) is 0 Å². The molecule has 0 saturated carbocycles. The van der Waals surface area contributed by atoms with E-state index in [0.29, 0.717) is 12.1 Å². The predicted octanol–water partition coefficient (Wildman–Crippen LogP) is 3.24. The van der Waals surface area contributed by atoms with Crippen LogP contribution in [0, 0.1) is 5.92 Å². The van der Waals surface area contributed by atoms with Gasteiger partial charge in [0.25, 0.3) is 5.91 Å². The first-order valence-electron chi connectivity index (χ1n) is 8.53. The van der Waals surface area contributed by atoms with Gasteiger partial charge in [0.2, 0.25) is 5.91 Å². The lowest BCUT2D eigenvalue weighted by atomic mass is 10.1. The van der Waals surface area contributed by atoms with Crippen LogP contribution in [0.5, 0.6) is 0 Å². The van der Waals surface area contributed by atoms with Gasteiger partial charge in [-0.05, 0) is 41.0 Å². The fraction of sp³-hybridized carbons (Fsp3) is 0.300. The van der Waals surface area contributed by atoms with Crippen molar-refractivity contribution >= 4 is 29.9 Å². The van der Waals surface area contributed by atoms with Crippen LogP contribution in [0.2, 0.25) is 0 Å². The van der Waals surface area contributed by atoms with E-state index in [1.54, 1.807) is 0 Å². The van der Waals surface area contributed by atoms with Gasteiger partial charge in [-0.15, -0.1) is 12.4 Å². The zero-order valence-electron chi connectivity index (χ0n) is 15.0. The molecule has 0 spiro atoms. The third kappa shape index (κ3) is 4.84. The van der Waals surface area contributed by atoms with Crippen LogP contribution in [0.15, 0.2) is 42.5 Å². The molecule has 0 radical (unpaired) electrons. The normalized spacial score (nSPS) is 12.3. The molecule has 0 unspecified atom stereocenters. The van der Waals surface area contributed by atoms with Crippen molar-refractivity contribution in [2.75, 3.05) is 5.32 Å². The second-order valence-electron chi connectivity index (χ2n) is 6.61. The van der Waals surface area contributed by atoms with E-state index in [2.05, 4.69) is 16.0 Å². The number of fused-ring (bicyclic) bond motifs is 1. The first-order valence-corrected chi connectivity index (χ1v) is 8.53. The number of hydrogen-bond acceptors (Lipinski definition) is 3. The van der Waals surface area contributed by atoms with E-state index < -0.39 is 0 Å². The Bertz CT molecular complexity index is 788. The van der Waals surface area contributed by atoms with E-state index in [1.807, 2.05) is 56.3 Å². The van der Waals surface area contributed by atoms with Gasteiger partial charge in [-0.2, -0.15) is 0 Å². The number of nitrogens with one attached hydrogen (secondary N) is 3. The van der Waals surface area contributed by atoms with E-state index >= 15 is 0 Å². The smallest absolute Gasteiger partial charge is 0.251 e. The van der Waals surface area contributed by atoms with Gasteiger partial charge in [-0.3, -0.25) is 9.59 Å². The summed E-state index contributed by atoms with van der Waals surface area (Å²) in [5, 5.41) is 9.06. The van der Waals surface area contributed by atoms with Crippen molar-refractivity contribution in [1.82, 2.24) is 10.6 Å². The van der Waals surface area contributed by atoms with Gasteiger partial charge in [-0.25, -0.2) is 0 Å². The zero-order valence-corrected chi connectivity index (χ0v) is 15.8. The molecular weight excluding hydrogens is 350 g/mol. The van der Waals surface area contributed by atoms with Crippen LogP contribution in [0.1, 0.15) is 40.9 Å². The maximum Gasteiger partial charge on any atom is 0.251 e. The summed E-state index contributed by atoms with van der Waals surface area (Å²) in [6.45, 7) is 5.85. The second kappa shape index (κ2) is 8.83. The van der Waals surface area contributed by atoms with Gasteiger partial charge < -0.3 is 16.0 Å². The Hall–Kier alpha value is -2.37. The van der Waals surface area contributed by atoms with Crippen LogP contribution < -0.4 is 16.0 Å². The lowest BCUT2D eigenvalue weighted by Crippen LogP contribution is -2.23. The summed E-state index contributed by atoms with van der Waals surface area (Å²) in [5.41, 5.74) is 4.88. The van der Waals surface area contributed by atoms with Crippen LogP contribution in [-0.4, -0.2) is 11.8 Å². The molecule has 1 aliphatic heterocycles. The lowest BCUT2D eigenvalue weighted by Gasteiger charge is -2.10. The number of anilines is 1. The van der Waals surface area contributed by atoms with Gasteiger partial charge in [0.05, 0.1) is 0 Å². The summed E-state index contributed by atoms with van der Waals surface area (Å²) < 4.78 is 0. The fourth-order valence-corrected chi connectivity index (χ4v) is 2.71. The maximum atomic E-state index is 12.3. The van der Waals surface area contributed by atoms with Gasteiger partial charge in [-0.1, -0.05) is 32.0 Å². The predicted molar refractivity (Wildman–Crippen MR) is 105 cm³/mol. The highest BCUT2D eigenvalue weighted by Gasteiger charge is 2.13. The van der Waals surface area contributed by atoms with E-state index in [4.69, 9.17) is 0 Å². The Morgan fingerprint density at radius 3 is 2.42 bits per heavy atom. The molecule has 5 nitrogen and oxygen atoms in total. The third-order valence-electron chi connectivity index (χ3n) is 4.30. The number of hydrogen-bond donors (Lipinski definition) is 3. The molecule has 0 aromatic heterocycles. The summed E-state index contributed by atoms with van der Waals surface area (Å²) in [7, 11) is 0. The average Bonchev–Trinajstić information content (AvgIpc) is 3.08. The molecule has 3 rings (SSSR count). The van der Waals surface area contributed by atoms with Gasteiger partial charge in [0, 0.05) is 36.8 Å². The highest BCUT2D eigenvalue weighted by atomic mass is 35.5. The maximum absolute atomic E-state index is 12.3. The minimum absolute atomic E-state index is 0. The van der Waals surface area contributed by atoms with Crippen molar-refractivity contribution < 1.29 is 9.59 Å². The monoisotopic (exact) mass is 373 g/mol. The summed E-state index contributed by atoms with van der Waals surface area (Å²) in [5.74, 6) is -0.138. The standard InChI is InChI=1S/C20H23N3O2.ClH/c1-13(2)19(24)23-18-7-3-14(4-8-18)10-22-20(25)15-5-6-16-11-21-12-17(16)9-15;/h3-9,13,21H,10-12H2,1-2H3,(H,22,25)(H,23,24);1H. The molecule has 2 aromatic rings. The molecule has 0 bridgehead atoms. The molecule has 26 heavy (non-hydrogen) atoms. The Morgan fingerprint density at radius 2 is 1.73 bits per heavy atom. The van der Waals surface area contributed by atoms with Crippen molar-refractivity contribution in [3.05, 3.63) is 64.7 Å². The first kappa shape index (κ1) is 19.9.